The van der Waals surface area contributed by atoms with E-state index in [0.29, 0.717) is 12.2 Å². The van der Waals surface area contributed by atoms with Crippen LogP contribution in [0.1, 0.15) is 31.7 Å². The number of hydrogen-bond donors (Lipinski definition) is 0. The van der Waals surface area contributed by atoms with Crippen molar-refractivity contribution in [2.24, 2.45) is 5.41 Å². The standard InChI is InChI=1S/C14H16F2OS/c1-14(2)11(7-12(14)17)9-3-5-10(6-4-9)18-8-13(15)16/h3-6,11,13H,7-8H2,1-2H3. The molecule has 1 aromatic carbocycles. The fraction of sp³-hybridized carbons (Fsp3) is 0.500. The van der Waals surface area contributed by atoms with Crippen molar-refractivity contribution in [1.29, 1.82) is 0 Å². The maximum Gasteiger partial charge on any atom is 0.247 e. The highest BCUT2D eigenvalue weighted by molar-refractivity contribution is 7.99. The molecule has 18 heavy (non-hydrogen) atoms. The molecule has 98 valence electrons. The van der Waals surface area contributed by atoms with E-state index in [-0.39, 0.29) is 17.1 Å². The molecule has 1 aliphatic rings. The predicted octanol–water partition coefficient (Wildman–Crippen LogP) is 4.13. The molecule has 0 aliphatic heterocycles. The Hall–Kier alpha value is -0.900. The van der Waals surface area contributed by atoms with E-state index in [0.717, 1.165) is 22.2 Å². The Balaban J connectivity index is 2.02. The second kappa shape index (κ2) is 5.00. The molecule has 2 rings (SSSR count). The molecule has 0 amide bonds. The molecule has 1 aromatic rings. The van der Waals surface area contributed by atoms with Crippen molar-refractivity contribution in [2.45, 2.75) is 37.5 Å². The zero-order valence-corrected chi connectivity index (χ0v) is 11.3. The lowest BCUT2D eigenvalue weighted by Crippen LogP contribution is -2.43. The minimum atomic E-state index is -2.28. The number of hydrogen-bond acceptors (Lipinski definition) is 2. The molecular weight excluding hydrogens is 254 g/mol. The van der Waals surface area contributed by atoms with E-state index < -0.39 is 6.43 Å². The highest BCUT2D eigenvalue weighted by Crippen LogP contribution is 2.49. The van der Waals surface area contributed by atoms with Crippen molar-refractivity contribution < 1.29 is 13.6 Å². The van der Waals surface area contributed by atoms with Crippen LogP contribution in [0.5, 0.6) is 0 Å². The molecule has 1 fully saturated rings. The number of carbonyl (C=O) groups excluding carboxylic acids is 1. The van der Waals surface area contributed by atoms with Crippen LogP contribution in [-0.4, -0.2) is 18.0 Å². The fourth-order valence-electron chi connectivity index (χ4n) is 2.26. The molecule has 0 spiro atoms. The monoisotopic (exact) mass is 270 g/mol. The number of Topliss-reactive ketones (excluding diaryl/α,β-unsaturated/α-hetero) is 1. The van der Waals surface area contributed by atoms with Gasteiger partial charge in [0.2, 0.25) is 6.43 Å². The Morgan fingerprint density at radius 2 is 1.94 bits per heavy atom. The normalized spacial score (nSPS) is 22.1. The Kier molecular flexibility index (Phi) is 3.76. The van der Waals surface area contributed by atoms with Crippen LogP contribution in [0.15, 0.2) is 29.2 Å². The van der Waals surface area contributed by atoms with Crippen molar-refractivity contribution in [3.8, 4) is 0 Å². The molecule has 4 heteroatoms. The molecule has 1 aliphatic carbocycles. The van der Waals surface area contributed by atoms with E-state index in [9.17, 15) is 13.6 Å². The van der Waals surface area contributed by atoms with Crippen LogP contribution in [0, 0.1) is 5.41 Å². The maximum absolute atomic E-state index is 12.1. The van der Waals surface area contributed by atoms with E-state index in [1.54, 1.807) is 0 Å². The molecule has 1 unspecified atom stereocenters. The lowest BCUT2D eigenvalue weighted by atomic mass is 9.59. The highest BCUT2D eigenvalue weighted by Gasteiger charge is 2.47. The summed E-state index contributed by atoms with van der Waals surface area (Å²) in [5.41, 5.74) is 0.846. The van der Waals surface area contributed by atoms with Gasteiger partial charge >= 0.3 is 0 Å². The number of carbonyl (C=O) groups is 1. The van der Waals surface area contributed by atoms with Crippen molar-refractivity contribution in [1.82, 2.24) is 0 Å². The maximum atomic E-state index is 12.1. The highest BCUT2D eigenvalue weighted by atomic mass is 32.2. The lowest BCUT2D eigenvalue weighted by molar-refractivity contribution is -0.137. The third kappa shape index (κ3) is 2.58. The summed E-state index contributed by atoms with van der Waals surface area (Å²) in [5.74, 6) is 0.384. The molecular formula is C14H16F2OS. The van der Waals surface area contributed by atoms with Gasteiger partial charge in [-0.15, -0.1) is 11.8 Å². The Morgan fingerprint density at radius 3 is 2.39 bits per heavy atom. The number of halogens is 2. The fourth-order valence-corrected chi connectivity index (χ4v) is 2.90. The summed E-state index contributed by atoms with van der Waals surface area (Å²) in [6.07, 6.45) is -1.69. The number of ketones is 1. The Bertz CT molecular complexity index is 440. The smallest absolute Gasteiger partial charge is 0.247 e. The first-order valence-corrected chi connectivity index (χ1v) is 6.94. The van der Waals surface area contributed by atoms with Gasteiger partial charge in [0.15, 0.2) is 0 Å². The van der Waals surface area contributed by atoms with Crippen LogP contribution < -0.4 is 0 Å². The van der Waals surface area contributed by atoms with Gasteiger partial charge in [-0.25, -0.2) is 8.78 Å². The summed E-state index contributed by atoms with van der Waals surface area (Å²) in [4.78, 5) is 12.3. The first kappa shape index (κ1) is 13.5. The van der Waals surface area contributed by atoms with Crippen molar-refractivity contribution in [2.75, 3.05) is 5.75 Å². The van der Waals surface area contributed by atoms with Crippen LogP contribution in [0.3, 0.4) is 0 Å². The zero-order valence-electron chi connectivity index (χ0n) is 10.5. The number of benzene rings is 1. The van der Waals surface area contributed by atoms with Crippen LogP contribution in [-0.2, 0) is 4.79 Å². The van der Waals surface area contributed by atoms with Gasteiger partial charge in [-0.1, -0.05) is 26.0 Å². The summed E-state index contributed by atoms with van der Waals surface area (Å²) < 4.78 is 24.2. The molecule has 1 saturated carbocycles. The zero-order chi connectivity index (χ0) is 13.3. The van der Waals surface area contributed by atoms with Crippen molar-refractivity contribution in [3.05, 3.63) is 29.8 Å². The first-order valence-electron chi connectivity index (χ1n) is 5.95. The first-order chi connectivity index (χ1) is 8.41. The minimum absolute atomic E-state index is 0.174. The van der Waals surface area contributed by atoms with Crippen LogP contribution in [0.4, 0.5) is 8.78 Å². The van der Waals surface area contributed by atoms with Gasteiger partial charge in [-0.05, 0) is 17.7 Å². The number of thioether (sulfide) groups is 1. The SMILES string of the molecule is CC1(C)C(=O)CC1c1ccc(SCC(F)F)cc1. The van der Waals surface area contributed by atoms with Gasteiger partial charge in [0.05, 0.1) is 5.75 Å². The second-order valence-corrected chi connectivity index (χ2v) is 6.27. The van der Waals surface area contributed by atoms with Crippen LogP contribution in [0.25, 0.3) is 0 Å². The third-order valence-electron chi connectivity index (χ3n) is 3.64. The van der Waals surface area contributed by atoms with Crippen LogP contribution in [0.2, 0.25) is 0 Å². The minimum Gasteiger partial charge on any atom is -0.299 e. The van der Waals surface area contributed by atoms with E-state index in [1.165, 1.54) is 0 Å². The Labute approximate surface area is 110 Å². The van der Waals surface area contributed by atoms with Gasteiger partial charge in [-0.3, -0.25) is 4.79 Å². The van der Waals surface area contributed by atoms with E-state index in [4.69, 9.17) is 0 Å². The van der Waals surface area contributed by atoms with Gasteiger partial charge in [0, 0.05) is 22.6 Å². The van der Waals surface area contributed by atoms with Gasteiger partial charge in [0.1, 0.15) is 5.78 Å². The number of alkyl halides is 2. The molecule has 0 aromatic heterocycles. The average Bonchev–Trinajstić information content (AvgIpc) is 2.34. The summed E-state index contributed by atoms with van der Waals surface area (Å²) in [5, 5.41) is 0. The molecule has 0 N–H and O–H groups in total. The summed E-state index contributed by atoms with van der Waals surface area (Å²) >= 11 is 1.16. The van der Waals surface area contributed by atoms with Gasteiger partial charge in [-0.2, -0.15) is 0 Å². The quantitative estimate of drug-likeness (QED) is 0.765. The summed E-state index contributed by atoms with van der Waals surface area (Å²) in [6.45, 7) is 3.92. The van der Waals surface area contributed by atoms with Gasteiger partial charge in [0.25, 0.3) is 0 Å². The summed E-state index contributed by atoms with van der Waals surface area (Å²) in [7, 11) is 0. The van der Waals surface area contributed by atoms with E-state index >= 15 is 0 Å². The number of rotatable bonds is 4. The van der Waals surface area contributed by atoms with Gasteiger partial charge < -0.3 is 0 Å². The molecule has 0 radical (unpaired) electrons. The van der Waals surface area contributed by atoms with E-state index in [1.807, 2.05) is 38.1 Å². The second-order valence-electron chi connectivity index (χ2n) is 5.17. The third-order valence-corrected chi connectivity index (χ3v) is 4.66. The lowest BCUT2D eigenvalue weighted by Gasteiger charge is -2.42. The molecule has 0 saturated heterocycles. The molecule has 0 bridgehead atoms. The van der Waals surface area contributed by atoms with E-state index in [2.05, 4.69) is 0 Å². The summed E-state index contributed by atoms with van der Waals surface area (Å²) in [6, 6.07) is 7.63. The topological polar surface area (TPSA) is 17.1 Å². The Morgan fingerprint density at radius 1 is 1.33 bits per heavy atom. The van der Waals surface area contributed by atoms with Crippen molar-refractivity contribution in [3.63, 3.8) is 0 Å². The average molecular weight is 270 g/mol. The molecule has 1 atom stereocenters. The van der Waals surface area contributed by atoms with Crippen LogP contribution >= 0.6 is 11.8 Å². The van der Waals surface area contributed by atoms with Crippen molar-refractivity contribution >= 4 is 17.5 Å². The largest absolute Gasteiger partial charge is 0.299 e. The molecule has 0 heterocycles. The molecule has 1 nitrogen and oxygen atoms in total. The predicted molar refractivity (Wildman–Crippen MR) is 69.3 cm³/mol.